The van der Waals surface area contributed by atoms with E-state index in [9.17, 15) is 13.2 Å². The summed E-state index contributed by atoms with van der Waals surface area (Å²) in [5.41, 5.74) is 2.46. The normalized spacial score (nSPS) is 21.9. The molecule has 1 aromatic rings. The number of carbonyl (C=O) groups excluding carboxylic acids is 1. The van der Waals surface area contributed by atoms with Crippen LogP contribution in [-0.4, -0.2) is 75.5 Å². The highest BCUT2D eigenvalue weighted by Gasteiger charge is 2.33. The molecule has 2 heterocycles. The molecule has 8 heteroatoms. The number of amides is 1. The van der Waals surface area contributed by atoms with Gasteiger partial charge in [0.25, 0.3) is 0 Å². The minimum atomic E-state index is -3.52. The van der Waals surface area contributed by atoms with Crippen molar-refractivity contribution < 1.29 is 17.9 Å². The largest absolute Gasteiger partial charge is 0.379 e. The summed E-state index contributed by atoms with van der Waals surface area (Å²) in [7, 11) is -3.52. The number of fused-ring (bicyclic) bond motifs is 1. The number of rotatable bonds is 8. The molecule has 0 radical (unpaired) electrons. The average molecular weight is 492 g/mol. The lowest BCUT2D eigenvalue weighted by atomic mass is 9.92. The number of nitrogens with zero attached hydrogens (tertiary/aromatic N) is 2. The molecule has 1 atom stereocenters. The highest BCUT2D eigenvalue weighted by molar-refractivity contribution is 7.89. The first-order valence-corrected chi connectivity index (χ1v) is 14.5. The molecule has 7 nitrogen and oxygen atoms in total. The predicted octanol–water partition coefficient (Wildman–Crippen LogP) is 2.83. The van der Waals surface area contributed by atoms with Crippen LogP contribution < -0.4 is 5.32 Å². The van der Waals surface area contributed by atoms with Crippen LogP contribution in [0.4, 0.5) is 0 Å². The smallest absolute Gasteiger partial charge is 0.243 e. The highest BCUT2D eigenvalue weighted by Crippen LogP contribution is 2.28. The molecule has 1 aliphatic carbocycles. The summed E-state index contributed by atoms with van der Waals surface area (Å²) in [5, 5.41) is 3.19. The van der Waals surface area contributed by atoms with Crippen molar-refractivity contribution in [2.75, 3.05) is 45.9 Å². The maximum absolute atomic E-state index is 13.3. The van der Waals surface area contributed by atoms with E-state index in [1.165, 1.54) is 17.5 Å². The number of hydrogen-bond acceptors (Lipinski definition) is 5. The SMILES string of the molecule is CC(C)C[C@@H](CNC(=O)C1CCN(S(=O)(=O)c2ccc3c(c2)CCCC3)CC1)N1CCOCC1. The molecule has 34 heavy (non-hydrogen) atoms. The number of sulfonamides is 1. The number of nitrogens with one attached hydrogen (secondary N) is 1. The summed E-state index contributed by atoms with van der Waals surface area (Å²) < 4.78 is 33.6. The first-order chi connectivity index (χ1) is 16.3. The van der Waals surface area contributed by atoms with Gasteiger partial charge in [-0.15, -0.1) is 0 Å². The third-order valence-electron chi connectivity index (χ3n) is 7.60. The van der Waals surface area contributed by atoms with E-state index in [1.54, 1.807) is 10.4 Å². The minimum Gasteiger partial charge on any atom is -0.379 e. The Morgan fingerprint density at radius 3 is 2.41 bits per heavy atom. The van der Waals surface area contributed by atoms with Crippen LogP contribution in [0.2, 0.25) is 0 Å². The average Bonchev–Trinajstić information content (AvgIpc) is 2.86. The van der Waals surface area contributed by atoms with Crippen LogP contribution in [0.25, 0.3) is 0 Å². The quantitative estimate of drug-likeness (QED) is 0.605. The van der Waals surface area contributed by atoms with Gasteiger partial charge in [-0.3, -0.25) is 9.69 Å². The Balaban J connectivity index is 1.30. The van der Waals surface area contributed by atoms with Crippen LogP contribution in [0.3, 0.4) is 0 Å². The number of ether oxygens (including phenoxy) is 1. The lowest BCUT2D eigenvalue weighted by Gasteiger charge is -2.36. The van der Waals surface area contributed by atoms with Gasteiger partial charge < -0.3 is 10.1 Å². The number of piperidine rings is 1. The summed E-state index contributed by atoms with van der Waals surface area (Å²) in [6.45, 7) is 9.19. The molecule has 2 aliphatic heterocycles. The molecule has 4 rings (SSSR count). The van der Waals surface area contributed by atoms with Gasteiger partial charge in [0, 0.05) is 44.7 Å². The zero-order valence-electron chi connectivity index (χ0n) is 20.8. The van der Waals surface area contributed by atoms with Gasteiger partial charge in [-0.05, 0) is 74.1 Å². The first-order valence-electron chi connectivity index (χ1n) is 13.1. The van der Waals surface area contributed by atoms with E-state index in [-0.39, 0.29) is 11.8 Å². The van der Waals surface area contributed by atoms with Crippen molar-refractivity contribution in [2.45, 2.75) is 69.7 Å². The lowest BCUT2D eigenvalue weighted by molar-refractivity contribution is -0.126. The van der Waals surface area contributed by atoms with Gasteiger partial charge in [-0.25, -0.2) is 8.42 Å². The van der Waals surface area contributed by atoms with Gasteiger partial charge in [0.2, 0.25) is 15.9 Å². The highest BCUT2D eigenvalue weighted by atomic mass is 32.2. The van der Waals surface area contributed by atoms with Gasteiger partial charge in [0.15, 0.2) is 0 Å². The molecular formula is C26H41N3O4S. The van der Waals surface area contributed by atoms with Gasteiger partial charge in [0.1, 0.15) is 0 Å². The van der Waals surface area contributed by atoms with E-state index < -0.39 is 10.0 Å². The van der Waals surface area contributed by atoms with Crippen molar-refractivity contribution in [3.8, 4) is 0 Å². The van der Waals surface area contributed by atoms with Crippen LogP contribution >= 0.6 is 0 Å². The second kappa shape index (κ2) is 11.5. The Morgan fingerprint density at radius 2 is 1.74 bits per heavy atom. The van der Waals surface area contributed by atoms with E-state index in [4.69, 9.17) is 4.74 Å². The predicted molar refractivity (Wildman–Crippen MR) is 133 cm³/mol. The molecule has 0 spiro atoms. The molecule has 1 N–H and O–H groups in total. The maximum atomic E-state index is 13.3. The van der Waals surface area contributed by atoms with Crippen LogP contribution in [0.1, 0.15) is 57.1 Å². The van der Waals surface area contributed by atoms with Crippen molar-refractivity contribution in [3.63, 3.8) is 0 Å². The van der Waals surface area contributed by atoms with Gasteiger partial charge in [-0.2, -0.15) is 4.31 Å². The van der Waals surface area contributed by atoms with E-state index in [0.717, 1.165) is 52.0 Å². The van der Waals surface area contributed by atoms with Gasteiger partial charge in [-0.1, -0.05) is 19.9 Å². The number of aryl methyl sites for hydroxylation is 2. The standard InChI is InChI=1S/C26H41N3O4S/c1-20(2)17-24(28-13-15-33-16-14-28)19-27-26(30)22-9-11-29(12-10-22)34(31,32)25-8-7-21-5-3-4-6-23(21)18-25/h7-8,18,20,22,24H,3-6,9-17,19H2,1-2H3,(H,27,30)/t24-/m0/s1. The number of morpholine rings is 1. The summed E-state index contributed by atoms with van der Waals surface area (Å²) in [5.74, 6) is 0.494. The Bertz CT molecular complexity index is 935. The Kier molecular flexibility index (Phi) is 8.66. The molecule has 1 amide bonds. The zero-order valence-corrected chi connectivity index (χ0v) is 21.6. The fraction of sp³-hybridized carbons (Fsp3) is 0.731. The fourth-order valence-corrected chi connectivity index (χ4v) is 7.11. The van der Waals surface area contributed by atoms with E-state index in [2.05, 4.69) is 24.1 Å². The Labute approximate surface area is 205 Å². The van der Waals surface area contributed by atoms with Gasteiger partial charge >= 0.3 is 0 Å². The monoisotopic (exact) mass is 491 g/mol. The van der Waals surface area contributed by atoms with Crippen molar-refractivity contribution >= 4 is 15.9 Å². The molecule has 3 aliphatic rings. The van der Waals surface area contributed by atoms with Gasteiger partial charge in [0.05, 0.1) is 18.1 Å². The van der Waals surface area contributed by atoms with Crippen LogP contribution in [0.15, 0.2) is 23.1 Å². The number of carbonyl (C=O) groups is 1. The minimum absolute atomic E-state index is 0.0628. The third kappa shape index (κ3) is 6.20. The summed E-state index contributed by atoms with van der Waals surface area (Å²) in [6, 6.07) is 5.95. The van der Waals surface area contributed by atoms with Crippen LogP contribution in [0, 0.1) is 11.8 Å². The third-order valence-corrected chi connectivity index (χ3v) is 9.49. The molecule has 1 aromatic carbocycles. The van der Waals surface area contributed by atoms with Crippen molar-refractivity contribution in [1.29, 1.82) is 0 Å². The zero-order chi connectivity index (χ0) is 24.1. The molecule has 2 fully saturated rings. The molecule has 0 bridgehead atoms. The van der Waals surface area contributed by atoms with Crippen molar-refractivity contribution in [2.24, 2.45) is 11.8 Å². The molecule has 2 saturated heterocycles. The summed E-state index contributed by atoms with van der Waals surface area (Å²) >= 11 is 0. The number of benzene rings is 1. The van der Waals surface area contributed by atoms with Crippen molar-refractivity contribution in [3.05, 3.63) is 29.3 Å². The van der Waals surface area contributed by atoms with Crippen LogP contribution in [-0.2, 0) is 32.4 Å². The Morgan fingerprint density at radius 1 is 1.06 bits per heavy atom. The first kappa shape index (κ1) is 25.6. The summed E-state index contributed by atoms with van der Waals surface area (Å²) in [6.07, 6.45) is 6.49. The fourth-order valence-electron chi connectivity index (χ4n) is 5.59. The Hall–Kier alpha value is -1.48. The second-order valence-electron chi connectivity index (χ2n) is 10.5. The maximum Gasteiger partial charge on any atom is 0.243 e. The molecule has 190 valence electrons. The van der Waals surface area contributed by atoms with Crippen molar-refractivity contribution in [1.82, 2.24) is 14.5 Å². The van der Waals surface area contributed by atoms with E-state index in [1.807, 2.05) is 12.1 Å². The van der Waals surface area contributed by atoms with E-state index >= 15 is 0 Å². The molecule has 0 aromatic heterocycles. The number of hydrogen-bond donors (Lipinski definition) is 1. The van der Waals surface area contributed by atoms with Crippen LogP contribution in [0.5, 0.6) is 0 Å². The summed E-state index contributed by atoms with van der Waals surface area (Å²) in [4.78, 5) is 15.8. The van der Waals surface area contributed by atoms with E-state index in [0.29, 0.717) is 49.3 Å². The molecule has 0 saturated carbocycles. The topological polar surface area (TPSA) is 79.0 Å². The molecule has 0 unspecified atom stereocenters. The molecular weight excluding hydrogens is 450 g/mol. The lowest BCUT2D eigenvalue weighted by Crippen LogP contribution is -2.50. The second-order valence-corrected chi connectivity index (χ2v) is 12.4.